The second-order valence-electron chi connectivity index (χ2n) is 7.10. The molecule has 3 rings (SSSR count). The molecule has 0 unspecified atom stereocenters. The SMILES string of the molecule is Cc1ccc2c(c1)CN(C(=O)Nc1cc(C(=O)N(C)C)ccc1C)CC2. The normalized spacial score (nSPS) is 13.2. The molecule has 2 aromatic carbocycles. The zero-order valence-electron chi connectivity index (χ0n) is 15.8. The highest BCUT2D eigenvalue weighted by Crippen LogP contribution is 2.23. The molecular weight excluding hydrogens is 326 g/mol. The van der Waals surface area contributed by atoms with Crippen LogP contribution in [0.4, 0.5) is 10.5 Å². The minimum Gasteiger partial charge on any atom is -0.345 e. The van der Waals surface area contributed by atoms with Crippen LogP contribution in [0.2, 0.25) is 0 Å². The average molecular weight is 351 g/mol. The Labute approximate surface area is 154 Å². The van der Waals surface area contributed by atoms with E-state index in [0.717, 1.165) is 12.0 Å². The van der Waals surface area contributed by atoms with Crippen molar-refractivity contribution in [3.63, 3.8) is 0 Å². The van der Waals surface area contributed by atoms with Crippen LogP contribution in [0.5, 0.6) is 0 Å². The van der Waals surface area contributed by atoms with Crippen molar-refractivity contribution in [1.29, 1.82) is 0 Å². The van der Waals surface area contributed by atoms with Crippen molar-refractivity contribution in [2.75, 3.05) is 26.0 Å². The van der Waals surface area contributed by atoms with Crippen LogP contribution in [-0.4, -0.2) is 42.4 Å². The summed E-state index contributed by atoms with van der Waals surface area (Å²) < 4.78 is 0. The topological polar surface area (TPSA) is 52.7 Å². The van der Waals surface area contributed by atoms with Gasteiger partial charge in [0.15, 0.2) is 0 Å². The lowest BCUT2D eigenvalue weighted by Crippen LogP contribution is -2.39. The molecule has 0 bridgehead atoms. The van der Waals surface area contributed by atoms with Crippen LogP contribution in [0.1, 0.15) is 32.6 Å². The van der Waals surface area contributed by atoms with Crippen molar-refractivity contribution in [3.05, 3.63) is 64.2 Å². The van der Waals surface area contributed by atoms with Gasteiger partial charge < -0.3 is 15.1 Å². The number of carbonyl (C=O) groups excluding carboxylic acids is 2. The van der Waals surface area contributed by atoms with Crippen LogP contribution in [0, 0.1) is 13.8 Å². The van der Waals surface area contributed by atoms with Gasteiger partial charge in [-0.3, -0.25) is 4.79 Å². The summed E-state index contributed by atoms with van der Waals surface area (Å²) in [5.41, 5.74) is 5.90. The predicted octanol–water partition coefficient (Wildman–Crippen LogP) is 3.60. The number of benzene rings is 2. The molecule has 1 N–H and O–H groups in total. The Morgan fingerprint density at radius 3 is 2.54 bits per heavy atom. The maximum absolute atomic E-state index is 12.7. The van der Waals surface area contributed by atoms with Gasteiger partial charge in [-0.05, 0) is 49.1 Å². The molecule has 1 heterocycles. The molecule has 0 saturated carbocycles. The number of urea groups is 1. The molecule has 26 heavy (non-hydrogen) atoms. The van der Waals surface area contributed by atoms with E-state index in [9.17, 15) is 9.59 Å². The summed E-state index contributed by atoms with van der Waals surface area (Å²) in [5.74, 6) is -0.0807. The number of amides is 3. The average Bonchev–Trinajstić information content (AvgIpc) is 2.62. The Morgan fingerprint density at radius 2 is 1.81 bits per heavy atom. The van der Waals surface area contributed by atoms with Gasteiger partial charge in [-0.15, -0.1) is 0 Å². The first-order chi connectivity index (χ1) is 12.3. The van der Waals surface area contributed by atoms with Crippen LogP contribution in [-0.2, 0) is 13.0 Å². The Kier molecular flexibility index (Phi) is 4.98. The Morgan fingerprint density at radius 1 is 1.04 bits per heavy atom. The van der Waals surface area contributed by atoms with Crippen molar-refractivity contribution in [2.24, 2.45) is 0 Å². The largest absolute Gasteiger partial charge is 0.345 e. The minimum absolute atomic E-state index is 0.0807. The van der Waals surface area contributed by atoms with E-state index in [0.29, 0.717) is 24.3 Å². The van der Waals surface area contributed by atoms with Crippen LogP contribution < -0.4 is 5.32 Å². The van der Waals surface area contributed by atoms with Crippen molar-refractivity contribution < 1.29 is 9.59 Å². The smallest absolute Gasteiger partial charge is 0.322 e. The van der Waals surface area contributed by atoms with Gasteiger partial charge in [-0.1, -0.05) is 29.8 Å². The molecule has 3 amide bonds. The molecule has 0 radical (unpaired) electrons. The van der Waals surface area contributed by atoms with Crippen LogP contribution in [0.25, 0.3) is 0 Å². The van der Waals surface area contributed by atoms with Crippen molar-refractivity contribution in [2.45, 2.75) is 26.8 Å². The van der Waals surface area contributed by atoms with E-state index >= 15 is 0 Å². The van der Waals surface area contributed by atoms with E-state index in [4.69, 9.17) is 0 Å². The number of aryl methyl sites for hydroxylation is 2. The molecule has 1 aliphatic rings. The molecule has 0 aliphatic carbocycles. The summed E-state index contributed by atoms with van der Waals surface area (Å²) in [5, 5.41) is 2.98. The summed E-state index contributed by atoms with van der Waals surface area (Å²) in [6, 6.07) is 11.7. The lowest BCUT2D eigenvalue weighted by molar-refractivity contribution is 0.0827. The van der Waals surface area contributed by atoms with Gasteiger partial charge in [-0.25, -0.2) is 4.79 Å². The lowest BCUT2D eigenvalue weighted by atomic mass is 9.98. The molecule has 0 atom stereocenters. The molecular formula is C21H25N3O2. The second-order valence-corrected chi connectivity index (χ2v) is 7.10. The zero-order valence-corrected chi connectivity index (χ0v) is 15.8. The van der Waals surface area contributed by atoms with Crippen molar-refractivity contribution in [1.82, 2.24) is 9.80 Å². The predicted molar refractivity (Wildman–Crippen MR) is 104 cm³/mol. The first kappa shape index (κ1) is 18.0. The van der Waals surface area contributed by atoms with E-state index in [1.54, 1.807) is 26.2 Å². The Balaban J connectivity index is 1.76. The number of hydrogen-bond donors (Lipinski definition) is 1. The van der Waals surface area contributed by atoms with Gasteiger partial charge in [0.05, 0.1) is 0 Å². The van der Waals surface area contributed by atoms with Crippen molar-refractivity contribution >= 4 is 17.6 Å². The van der Waals surface area contributed by atoms with E-state index in [1.165, 1.54) is 21.6 Å². The third-order valence-electron chi connectivity index (χ3n) is 4.79. The fraction of sp³-hybridized carbons (Fsp3) is 0.333. The molecule has 5 nitrogen and oxygen atoms in total. The van der Waals surface area contributed by atoms with E-state index in [2.05, 4.69) is 30.4 Å². The van der Waals surface area contributed by atoms with Crippen LogP contribution in [0.3, 0.4) is 0 Å². The van der Waals surface area contributed by atoms with Gasteiger partial charge in [0, 0.05) is 38.4 Å². The Hall–Kier alpha value is -2.82. The minimum atomic E-state index is -0.130. The highest BCUT2D eigenvalue weighted by Gasteiger charge is 2.21. The highest BCUT2D eigenvalue weighted by molar-refractivity contribution is 5.97. The standard InChI is InChI=1S/C21H25N3O2/c1-14-5-7-16-9-10-24(13-18(16)11-14)21(26)22-19-12-17(8-6-15(19)2)20(25)23(3)4/h5-8,11-12H,9-10,13H2,1-4H3,(H,22,26). The number of anilines is 1. The molecule has 136 valence electrons. The fourth-order valence-corrected chi connectivity index (χ4v) is 3.20. The molecule has 1 aliphatic heterocycles. The summed E-state index contributed by atoms with van der Waals surface area (Å²) >= 11 is 0. The molecule has 5 heteroatoms. The number of nitrogens with one attached hydrogen (secondary N) is 1. The summed E-state index contributed by atoms with van der Waals surface area (Å²) in [7, 11) is 3.43. The Bertz CT molecular complexity index is 858. The number of carbonyl (C=O) groups is 2. The maximum Gasteiger partial charge on any atom is 0.322 e. The summed E-state index contributed by atoms with van der Waals surface area (Å²) in [4.78, 5) is 28.3. The van der Waals surface area contributed by atoms with Gasteiger partial charge >= 0.3 is 6.03 Å². The summed E-state index contributed by atoms with van der Waals surface area (Å²) in [6.45, 7) is 5.29. The first-order valence-corrected chi connectivity index (χ1v) is 8.82. The van der Waals surface area contributed by atoms with Gasteiger partial charge in [0.2, 0.25) is 0 Å². The number of nitrogens with zero attached hydrogens (tertiary/aromatic N) is 2. The molecule has 0 aromatic heterocycles. The number of hydrogen-bond acceptors (Lipinski definition) is 2. The monoisotopic (exact) mass is 351 g/mol. The lowest BCUT2D eigenvalue weighted by Gasteiger charge is -2.29. The van der Waals surface area contributed by atoms with E-state index < -0.39 is 0 Å². The number of rotatable bonds is 2. The quantitative estimate of drug-likeness (QED) is 0.899. The van der Waals surface area contributed by atoms with Gasteiger partial charge in [-0.2, -0.15) is 0 Å². The first-order valence-electron chi connectivity index (χ1n) is 8.82. The second kappa shape index (κ2) is 7.20. The third-order valence-corrected chi connectivity index (χ3v) is 4.79. The zero-order chi connectivity index (χ0) is 18.8. The highest BCUT2D eigenvalue weighted by atomic mass is 16.2. The molecule has 0 saturated heterocycles. The van der Waals surface area contributed by atoms with Gasteiger partial charge in [0.25, 0.3) is 5.91 Å². The van der Waals surface area contributed by atoms with Crippen LogP contribution in [0.15, 0.2) is 36.4 Å². The van der Waals surface area contributed by atoms with E-state index in [-0.39, 0.29) is 11.9 Å². The number of fused-ring (bicyclic) bond motifs is 1. The van der Waals surface area contributed by atoms with Crippen LogP contribution >= 0.6 is 0 Å². The summed E-state index contributed by atoms with van der Waals surface area (Å²) in [6.07, 6.45) is 0.862. The van der Waals surface area contributed by atoms with Crippen molar-refractivity contribution in [3.8, 4) is 0 Å². The molecule has 2 aromatic rings. The van der Waals surface area contributed by atoms with E-state index in [1.807, 2.05) is 17.9 Å². The molecule has 0 spiro atoms. The molecule has 0 fully saturated rings. The van der Waals surface area contributed by atoms with Gasteiger partial charge in [0.1, 0.15) is 0 Å². The maximum atomic E-state index is 12.7. The fourth-order valence-electron chi connectivity index (χ4n) is 3.20. The third kappa shape index (κ3) is 3.72.